The number of benzene rings is 1. The molecule has 1 aromatic rings. The fourth-order valence-electron chi connectivity index (χ4n) is 1.58. The predicted molar refractivity (Wildman–Crippen MR) is 74.2 cm³/mol. The largest absolute Gasteiger partial charge is 0.484 e. The highest BCUT2D eigenvalue weighted by Gasteiger charge is 2.28. The van der Waals surface area contributed by atoms with Crippen LogP contribution in [0.25, 0.3) is 0 Å². The zero-order valence-electron chi connectivity index (χ0n) is 12.1. The molecule has 21 heavy (non-hydrogen) atoms. The first kappa shape index (κ1) is 17.3. The summed E-state index contributed by atoms with van der Waals surface area (Å²) in [6.07, 6.45) is -4.39. The molecule has 0 aliphatic heterocycles. The Kier molecular flexibility index (Phi) is 5.60. The van der Waals surface area contributed by atoms with Crippen LogP contribution in [0.2, 0.25) is 0 Å². The Hall–Kier alpha value is -1.76. The molecule has 3 N–H and O–H groups in total. The molecule has 1 atom stereocenters. The smallest absolute Gasteiger partial charge is 0.422 e. The average molecular weight is 304 g/mol. The Bertz CT molecular complexity index is 501. The van der Waals surface area contributed by atoms with Crippen molar-refractivity contribution in [2.45, 2.75) is 33.0 Å². The Balaban J connectivity index is 2.72. The number of nitrogens with two attached hydrogens (primary N) is 1. The van der Waals surface area contributed by atoms with Crippen molar-refractivity contribution in [1.29, 1.82) is 0 Å². The molecule has 7 heteroatoms. The molecule has 118 valence electrons. The number of hydrogen-bond donors (Lipinski definition) is 2. The quantitative estimate of drug-likeness (QED) is 0.879. The van der Waals surface area contributed by atoms with Crippen LogP contribution in [-0.2, 0) is 4.79 Å². The number of alkyl halides is 3. The highest BCUT2D eigenvalue weighted by molar-refractivity contribution is 5.95. The van der Waals surface area contributed by atoms with E-state index in [0.717, 1.165) is 0 Å². The maximum absolute atomic E-state index is 12.1. The number of aryl methyl sites for hydroxylation is 1. The minimum Gasteiger partial charge on any atom is -0.484 e. The van der Waals surface area contributed by atoms with Gasteiger partial charge < -0.3 is 15.8 Å². The van der Waals surface area contributed by atoms with Gasteiger partial charge in [-0.2, -0.15) is 13.2 Å². The molecule has 1 aromatic carbocycles. The van der Waals surface area contributed by atoms with Crippen LogP contribution in [0.4, 0.5) is 18.9 Å². The molecule has 4 nitrogen and oxygen atoms in total. The van der Waals surface area contributed by atoms with Gasteiger partial charge in [0.1, 0.15) is 5.75 Å². The van der Waals surface area contributed by atoms with Crippen molar-refractivity contribution in [2.75, 3.05) is 11.9 Å². The van der Waals surface area contributed by atoms with Crippen LogP contribution in [0.5, 0.6) is 5.75 Å². The first-order valence-corrected chi connectivity index (χ1v) is 6.47. The molecular formula is C14H19F3N2O2. The zero-order chi connectivity index (χ0) is 16.2. The standard InChI is InChI=1S/C14H19F3N2O2/c1-8(2)12(18)13(20)19-10-4-5-11(9(3)6-10)21-7-14(15,16)17/h4-6,8,12H,7,18H2,1-3H3,(H,19,20)/t12-/m0/s1. The molecule has 0 heterocycles. The summed E-state index contributed by atoms with van der Waals surface area (Å²) >= 11 is 0. The van der Waals surface area contributed by atoms with Crippen LogP contribution in [0.1, 0.15) is 19.4 Å². The van der Waals surface area contributed by atoms with E-state index in [4.69, 9.17) is 5.73 Å². The number of anilines is 1. The lowest BCUT2D eigenvalue weighted by Gasteiger charge is -2.16. The van der Waals surface area contributed by atoms with Crippen molar-refractivity contribution >= 4 is 11.6 Å². The van der Waals surface area contributed by atoms with Crippen LogP contribution >= 0.6 is 0 Å². The number of rotatable bonds is 5. The van der Waals surface area contributed by atoms with Crippen LogP contribution in [0.3, 0.4) is 0 Å². The maximum atomic E-state index is 12.1. The number of hydrogen-bond acceptors (Lipinski definition) is 3. The highest BCUT2D eigenvalue weighted by Crippen LogP contribution is 2.24. The normalized spacial score (nSPS) is 13.1. The summed E-state index contributed by atoms with van der Waals surface area (Å²) in [4.78, 5) is 11.8. The van der Waals surface area contributed by atoms with Gasteiger partial charge in [-0.25, -0.2) is 0 Å². The van der Waals surface area contributed by atoms with Gasteiger partial charge in [-0.3, -0.25) is 4.79 Å². The lowest BCUT2D eigenvalue weighted by molar-refractivity contribution is -0.153. The Morgan fingerprint density at radius 1 is 1.38 bits per heavy atom. The van der Waals surface area contributed by atoms with E-state index in [1.807, 2.05) is 13.8 Å². The number of carbonyl (C=O) groups excluding carboxylic acids is 1. The summed E-state index contributed by atoms with van der Waals surface area (Å²) in [6, 6.07) is 3.75. The van der Waals surface area contributed by atoms with Gasteiger partial charge in [-0.15, -0.1) is 0 Å². The molecule has 0 saturated heterocycles. The van der Waals surface area contributed by atoms with Gasteiger partial charge in [0.15, 0.2) is 6.61 Å². The summed E-state index contributed by atoms with van der Waals surface area (Å²) in [5, 5.41) is 2.62. The van der Waals surface area contributed by atoms with Crippen molar-refractivity contribution < 1.29 is 22.7 Å². The minimum atomic E-state index is -4.39. The number of ether oxygens (including phenoxy) is 1. The topological polar surface area (TPSA) is 64.4 Å². The molecule has 0 bridgehead atoms. The average Bonchev–Trinajstić information content (AvgIpc) is 2.35. The van der Waals surface area contributed by atoms with Crippen molar-refractivity contribution in [1.82, 2.24) is 0 Å². The first-order chi connectivity index (χ1) is 9.60. The van der Waals surface area contributed by atoms with Gasteiger partial charge in [0.05, 0.1) is 6.04 Å². The third-order valence-corrected chi connectivity index (χ3v) is 2.85. The number of amides is 1. The van der Waals surface area contributed by atoms with E-state index >= 15 is 0 Å². The van der Waals surface area contributed by atoms with E-state index in [9.17, 15) is 18.0 Å². The molecule has 0 unspecified atom stereocenters. The summed E-state index contributed by atoms with van der Waals surface area (Å²) in [5.41, 5.74) is 6.67. The van der Waals surface area contributed by atoms with E-state index in [-0.39, 0.29) is 17.6 Å². The van der Waals surface area contributed by atoms with Gasteiger partial charge in [0.2, 0.25) is 5.91 Å². The third kappa shape index (κ3) is 5.63. The SMILES string of the molecule is Cc1cc(NC(=O)[C@@H](N)C(C)C)ccc1OCC(F)(F)F. The van der Waals surface area contributed by atoms with E-state index < -0.39 is 18.8 Å². The van der Waals surface area contributed by atoms with Crippen LogP contribution < -0.4 is 15.8 Å². The summed E-state index contributed by atoms with van der Waals surface area (Å²) in [6.45, 7) is 3.90. The van der Waals surface area contributed by atoms with Gasteiger partial charge in [-0.1, -0.05) is 13.8 Å². The van der Waals surface area contributed by atoms with Crippen molar-refractivity contribution in [3.05, 3.63) is 23.8 Å². The number of nitrogens with one attached hydrogen (secondary N) is 1. The first-order valence-electron chi connectivity index (χ1n) is 6.47. The van der Waals surface area contributed by atoms with Crippen molar-refractivity contribution in [3.63, 3.8) is 0 Å². The van der Waals surface area contributed by atoms with Gasteiger partial charge >= 0.3 is 6.18 Å². The third-order valence-electron chi connectivity index (χ3n) is 2.85. The number of halogens is 3. The molecule has 0 fully saturated rings. The zero-order valence-corrected chi connectivity index (χ0v) is 12.1. The van der Waals surface area contributed by atoms with Crippen molar-refractivity contribution in [2.24, 2.45) is 11.7 Å². The number of carbonyl (C=O) groups is 1. The minimum absolute atomic E-state index is 0.0134. The highest BCUT2D eigenvalue weighted by atomic mass is 19.4. The van der Waals surface area contributed by atoms with E-state index in [1.54, 1.807) is 6.92 Å². The molecular weight excluding hydrogens is 285 g/mol. The summed E-state index contributed by atoms with van der Waals surface area (Å²) in [7, 11) is 0. The molecule has 0 spiro atoms. The molecule has 0 saturated carbocycles. The monoisotopic (exact) mass is 304 g/mol. The van der Waals surface area contributed by atoms with E-state index in [1.165, 1.54) is 18.2 Å². The fourth-order valence-corrected chi connectivity index (χ4v) is 1.58. The van der Waals surface area contributed by atoms with Crippen LogP contribution in [-0.4, -0.2) is 24.7 Å². The van der Waals surface area contributed by atoms with Crippen molar-refractivity contribution in [3.8, 4) is 5.75 Å². The van der Waals surface area contributed by atoms with Crippen LogP contribution in [0.15, 0.2) is 18.2 Å². The lowest BCUT2D eigenvalue weighted by Crippen LogP contribution is -2.39. The van der Waals surface area contributed by atoms with Crippen LogP contribution in [0, 0.1) is 12.8 Å². The fraction of sp³-hybridized carbons (Fsp3) is 0.500. The molecule has 0 aliphatic rings. The predicted octanol–water partition coefficient (Wildman–Crippen LogP) is 2.86. The lowest BCUT2D eigenvalue weighted by atomic mass is 10.0. The molecule has 0 radical (unpaired) electrons. The second-order valence-corrected chi connectivity index (χ2v) is 5.14. The molecule has 0 aliphatic carbocycles. The molecule has 1 amide bonds. The second-order valence-electron chi connectivity index (χ2n) is 5.14. The second kappa shape index (κ2) is 6.80. The summed E-state index contributed by atoms with van der Waals surface area (Å²) in [5.74, 6) is -0.229. The Labute approximate surface area is 121 Å². The Morgan fingerprint density at radius 2 is 2.00 bits per heavy atom. The van der Waals surface area contributed by atoms with Gasteiger partial charge in [0.25, 0.3) is 0 Å². The van der Waals surface area contributed by atoms with E-state index in [0.29, 0.717) is 11.3 Å². The molecule has 1 rings (SSSR count). The summed E-state index contributed by atoms with van der Waals surface area (Å²) < 4.78 is 41.0. The Morgan fingerprint density at radius 3 is 2.48 bits per heavy atom. The van der Waals surface area contributed by atoms with Gasteiger partial charge in [0, 0.05) is 5.69 Å². The van der Waals surface area contributed by atoms with E-state index in [2.05, 4.69) is 10.1 Å². The molecule has 0 aromatic heterocycles. The van der Waals surface area contributed by atoms with Gasteiger partial charge in [-0.05, 0) is 36.6 Å². The maximum Gasteiger partial charge on any atom is 0.422 e.